The Kier molecular flexibility index (Phi) is 2.41. The molecule has 0 bridgehead atoms. The number of rotatable bonds is 2. The number of hydrogen-bond donors (Lipinski definition) is 1. The van der Waals surface area contributed by atoms with Gasteiger partial charge in [-0.3, -0.25) is 0 Å². The van der Waals surface area contributed by atoms with Crippen LogP contribution in [0.15, 0.2) is 6.20 Å². The molecular weight excluding hydrogens is 180 g/mol. The molecule has 1 aromatic rings. The van der Waals surface area contributed by atoms with Crippen LogP contribution in [0.2, 0.25) is 0 Å². The smallest absolute Gasteiger partial charge is 0.165 e. The summed E-state index contributed by atoms with van der Waals surface area (Å²) in [7, 11) is 0. The van der Waals surface area contributed by atoms with Crippen LogP contribution in [0.5, 0.6) is 0 Å². The third-order valence-electron chi connectivity index (χ3n) is 2.78. The molecule has 0 atom stereocenters. The highest BCUT2D eigenvalue weighted by molar-refractivity contribution is 5.19. The minimum Gasteiger partial charge on any atom is -0.381 e. The van der Waals surface area contributed by atoms with Gasteiger partial charge in [-0.05, 0) is 18.3 Å². The van der Waals surface area contributed by atoms with E-state index in [1.54, 1.807) is 11.0 Å². The molecule has 1 saturated heterocycles. The molecule has 2 heterocycles. The number of aromatic nitrogens is 3. The van der Waals surface area contributed by atoms with Crippen molar-refractivity contribution in [2.24, 2.45) is 5.41 Å². The van der Waals surface area contributed by atoms with Crippen LogP contribution in [0.1, 0.15) is 19.8 Å². The lowest BCUT2D eigenvalue weighted by Gasteiger charge is -2.32. The molecule has 0 saturated carbocycles. The largest absolute Gasteiger partial charge is 0.381 e. The van der Waals surface area contributed by atoms with Gasteiger partial charge in [0.05, 0.1) is 12.7 Å². The Morgan fingerprint density at radius 3 is 2.86 bits per heavy atom. The van der Waals surface area contributed by atoms with Crippen LogP contribution in [0.3, 0.4) is 0 Å². The molecule has 1 aliphatic heterocycles. The van der Waals surface area contributed by atoms with Crippen LogP contribution in [0, 0.1) is 5.41 Å². The van der Waals surface area contributed by atoms with E-state index in [0.717, 1.165) is 32.6 Å². The monoisotopic (exact) mass is 196 g/mol. The number of ether oxygens (including phenoxy) is 1. The first-order chi connectivity index (χ1) is 6.68. The summed E-state index contributed by atoms with van der Waals surface area (Å²) in [5.74, 6) is 0.487. The Morgan fingerprint density at radius 2 is 2.29 bits per heavy atom. The van der Waals surface area contributed by atoms with Crippen molar-refractivity contribution in [2.75, 3.05) is 18.9 Å². The standard InChI is InChI=1S/C9H16N4O/c1-9(2-4-14-5-3-9)7-13-11-6-8(10)12-13/h6H,2-5,7H2,1H3,(H2,10,12). The number of nitrogens with zero attached hydrogens (tertiary/aromatic N) is 3. The predicted molar refractivity (Wildman–Crippen MR) is 52.6 cm³/mol. The molecule has 0 aliphatic carbocycles. The second-order valence-electron chi connectivity index (χ2n) is 4.22. The molecule has 14 heavy (non-hydrogen) atoms. The third kappa shape index (κ3) is 2.04. The van der Waals surface area contributed by atoms with E-state index in [2.05, 4.69) is 17.1 Å². The molecule has 1 aromatic heterocycles. The first kappa shape index (κ1) is 9.45. The van der Waals surface area contributed by atoms with E-state index < -0.39 is 0 Å². The van der Waals surface area contributed by atoms with Gasteiger partial charge >= 0.3 is 0 Å². The van der Waals surface area contributed by atoms with Crippen LogP contribution in [0.25, 0.3) is 0 Å². The van der Waals surface area contributed by atoms with E-state index in [-0.39, 0.29) is 5.41 Å². The number of anilines is 1. The quantitative estimate of drug-likeness (QED) is 0.755. The summed E-state index contributed by atoms with van der Waals surface area (Å²) in [6, 6.07) is 0. The Bertz CT molecular complexity index is 304. The maximum atomic E-state index is 5.51. The van der Waals surface area contributed by atoms with Crippen molar-refractivity contribution in [3.05, 3.63) is 6.20 Å². The van der Waals surface area contributed by atoms with Crippen molar-refractivity contribution < 1.29 is 4.74 Å². The lowest BCUT2D eigenvalue weighted by Crippen LogP contribution is -2.31. The Balaban J connectivity index is 2.01. The minimum absolute atomic E-state index is 0.254. The van der Waals surface area contributed by atoms with Crippen molar-refractivity contribution in [2.45, 2.75) is 26.3 Å². The Hall–Kier alpha value is -1.10. The summed E-state index contributed by atoms with van der Waals surface area (Å²) in [6.07, 6.45) is 3.71. The van der Waals surface area contributed by atoms with Crippen LogP contribution < -0.4 is 5.73 Å². The summed E-state index contributed by atoms with van der Waals surface area (Å²) in [5, 5.41) is 8.19. The number of nitrogens with two attached hydrogens (primary N) is 1. The van der Waals surface area contributed by atoms with E-state index in [1.165, 1.54) is 0 Å². The van der Waals surface area contributed by atoms with Crippen LogP contribution in [0.4, 0.5) is 5.82 Å². The van der Waals surface area contributed by atoms with Crippen molar-refractivity contribution in [1.82, 2.24) is 15.0 Å². The molecule has 5 heteroatoms. The molecule has 5 nitrogen and oxygen atoms in total. The maximum Gasteiger partial charge on any atom is 0.165 e. The molecule has 2 rings (SSSR count). The van der Waals surface area contributed by atoms with E-state index in [0.29, 0.717) is 5.82 Å². The summed E-state index contributed by atoms with van der Waals surface area (Å²) < 4.78 is 5.33. The lowest BCUT2D eigenvalue weighted by atomic mass is 9.82. The zero-order chi connectivity index (χ0) is 10.0. The Morgan fingerprint density at radius 1 is 1.57 bits per heavy atom. The highest BCUT2D eigenvalue weighted by atomic mass is 16.5. The number of nitrogen functional groups attached to an aromatic ring is 1. The minimum atomic E-state index is 0.254. The van der Waals surface area contributed by atoms with Crippen molar-refractivity contribution in [3.8, 4) is 0 Å². The van der Waals surface area contributed by atoms with E-state index in [1.807, 2.05) is 0 Å². The van der Waals surface area contributed by atoms with E-state index >= 15 is 0 Å². The van der Waals surface area contributed by atoms with Gasteiger partial charge in [0.1, 0.15) is 0 Å². The fourth-order valence-corrected chi connectivity index (χ4v) is 1.75. The maximum absolute atomic E-state index is 5.51. The second kappa shape index (κ2) is 3.57. The first-order valence-electron chi connectivity index (χ1n) is 4.91. The van der Waals surface area contributed by atoms with Gasteiger partial charge in [-0.15, -0.1) is 5.10 Å². The Labute approximate surface area is 83.2 Å². The van der Waals surface area contributed by atoms with E-state index in [4.69, 9.17) is 10.5 Å². The van der Waals surface area contributed by atoms with Gasteiger partial charge in [-0.25, -0.2) is 0 Å². The van der Waals surface area contributed by atoms with Gasteiger partial charge in [0.2, 0.25) is 0 Å². The highest BCUT2D eigenvalue weighted by Crippen LogP contribution is 2.30. The first-order valence-corrected chi connectivity index (χ1v) is 4.91. The fraction of sp³-hybridized carbons (Fsp3) is 0.778. The molecule has 78 valence electrons. The molecule has 0 spiro atoms. The third-order valence-corrected chi connectivity index (χ3v) is 2.78. The summed E-state index contributed by atoms with van der Waals surface area (Å²) in [6.45, 7) is 4.75. The molecule has 0 amide bonds. The topological polar surface area (TPSA) is 66.0 Å². The second-order valence-corrected chi connectivity index (χ2v) is 4.22. The summed E-state index contributed by atoms with van der Waals surface area (Å²) in [5.41, 5.74) is 5.76. The zero-order valence-electron chi connectivity index (χ0n) is 8.44. The van der Waals surface area contributed by atoms with Gasteiger partial charge in [-0.2, -0.15) is 9.90 Å². The van der Waals surface area contributed by atoms with Crippen molar-refractivity contribution in [1.29, 1.82) is 0 Å². The lowest BCUT2D eigenvalue weighted by molar-refractivity contribution is 0.0118. The average molecular weight is 196 g/mol. The van der Waals surface area contributed by atoms with Crippen LogP contribution >= 0.6 is 0 Å². The SMILES string of the molecule is CC1(Cn2ncc(N)n2)CCOCC1. The molecular formula is C9H16N4O. The van der Waals surface area contributed by atoms with Crippen molar-refractivity contribution in [3.63, 3.8) is 0 Å². The molecule has 1 fully saturated rings. The van der Waals surface area contributed by atoms with Crippen LogP contribution in [-0.4, -0.2) is 28.2 Å². The number of hydrogen-bond acceptors (Lipinski definition) is 4. The van der Waals surface area contributed by atoms with Gasteiger partial charge in [-0.1, -0.05) is 6.92 Å². The summed E-state index contributed by atoms with van der Waals surface area (Å²) in [4.78, 5) is 1.68. The zero-order valence-corrected chi connectivity index (χ0v) is 8.44. The van der Waals surface area contributed by atoms with Crippen LogP contribution in [-0.2, 0) is 11.3 Å². The molecule has 0 aromatic carbocycles. The molecule has 0 unspecified atom stereocenters. The van der Waals surface area contributed by atoms with E-state index in [9.17, 15) is 0 Å². The average Bonchev–Trinajstić information content (AvgIpc) is 2.51. The summed E-state index contributed by atoms with van der Waals surface area (Å²) >= 11 is 0. The van der Waals surface area contributed by atoms with Gasteiger partial charge in [0, 0.05) is 13.2 Å². The highest BCUT2D eigenvalue weighted by Gasteiger charge is 2.28. The molecule has 1 aliphatic rings. The normalized spacial score (nSPS) is 20.9. The van der Waals surface area contributed by atoms with Crippen molar-refractivity contribution >= 4 is 5.82 Å². The molecule has 2 N–H and O–H groups in total. The van der Waals surface area contributed by atoms with Gasteiger partial charge in [0.25, 0.3) is 0 Å². The predicted octanol–water partition coefficient (Wildman–Crippen LogP) is 0.677. The van der Waals surface area contributed by atoms with Gasteiger partial charge < -0.3 is 10.5 Å². The fourth-order valence-electron chi connectivity index (χ4n) is 1.75. The van der Waals surface area contributed by atoms with Gasteiger partial charge in [0.15, 0.2) is 5.82 Å². The molecule has 0 radical (unpaired) electrons.